The van der Waals surface area contributed by atoms with E-state index < -0.39 is 12.1 Å². The first-order valence-corrected chi connectivity index (χ1v) is 6.59. The summed E-state index contributed by atoms with van der Waals surface area (Å²) in [4.78, 5) is 22.9. The summed E-state index contributed by atoms with van der Waals surface area (Å²) in [5, 5.41) is 0. The molecule has 0 aliphatic rings. The highest BCUT2D eigenvalue weighted by molar-refractivity contribution is 5.76. The van der Waals surface area contributed by atoms with Crippen LogP contribution in [0, 0.1) is 0 Å². The Morgan fingerprint density at radius 1 is 1.00 bits per heavy atom. The van der Waals surface area contributed by atoms with Crippen LogP contribution in [-0.4, -0.2) is 37.9 Å². The van der Waals surface area contributed by atoms with Crippen molar-refractivity contribution in [1.29, 1.82) is 0 Å². The standard InChI is InChI=1S/C13H24O5/c1-4-9-17-12(14)8-7-11(16-6-3)13(15)18-10-5-2/h11H,4-10H2,1-3H3. The summed E-state index contributed by atoms with van der Waals surface area (Å²) in [5.74, 6) is -0.702. The van der Waals surface area contributed by atoms with Crippen molar-refractivity contribution in [3.8, 4) is 0 Å². The van der Waals surface area contributed by atoms with Gasteiger partial charge in [-0.15, -0.1) is 0 Å². The molecule has 0 aromatic heterocycles. The third-order valence-corrected chi connectivity index (χ3v) is 2.16. The molecule has 1 unspecified atom stereocenters. The van der Waals surface area contributed by atoms with Crippen LogP contribution in [0.3, 0.4) is 0 Å². The topological polar surface area (TPSA) is 61.8 Å². The van der Waals surface area contributed by atoms with E-state index >= 15 is 0 Å². The van der Waals surface area contributed by atoms with Gasteiger partial charge in [-0.05, 0) is 26.2 Å². The molecule has 0 spiro atoms. The number of carbonyl (C=O) groups excluding carboxylic acids is 2. The lowest BCUT2D eigenvalue weighted by molar-refractivity contribution is -0.158. The van der Waals surface area contributed by atoms with E-state index in [2.05, 4.69) is 0 Å². The molecule has 0 heterocycles. The second-order valence-electron chi connectivity index (χ2n) is 3.87. The molecule has 18 heavy (non-hydrogen) atoms. The molecule has 0 saturated heterocycles. The molecule has 0 bridgehead atoms. The number of esters is 2. The molecule has 106 valence electrons. The summed E-state index contributed by atoms with van der Waals surface area (Å²) in [5.41, 5.74) is 0. The second-order valence-corrected chi connectivity index (χ2v) is 3.87. The van der Waals surface area contributed by atoms with Crippen LogP contribution >= 0.6 is 0 Å². The van der Waals surface area contributed by atoms with Gasteiger partial charge in [0, 0.05) is 13.0 Å². The lowest BCUT2D eigenvalue weighted by Gasteiger charge is -2.15. The lowest BCUT2D eigenvalue weighted by atomic mass is 10.2. The van der Waals surface area contributed by atoms with Gasteiger partial charge in [0.15, 0.2) is 6.10 Å². The van der Waals surface area contributed by atoms with Crippen LogP contribution in [0.4, 0.5) is 0 Å². The van der Waals surface area contributed by atoms with Gasteiger partial charge in [0.2, 0.25) is 0 Å². The molecule has 5 heteroatoms. The zero-order valence-corrected chi connectivity index (χ0v) is 11.6. The Balaban J connectivity index is 4.02. The van der Waals surface area contributed by atoms with Crippen molar-refractivity contribution in [2.45, 2.75) is 52.6 Å². The lowest BCUT2D eigenvalue weighted by Crippen LogP contribution is -2.28. The Hall–Kier alpha value is -1.10. The molecule has 1 atom stereocenters. The summed E-state index contributed by atoms with van der Waals surface area (Å²) in [6, 6.07) is 0. The van der Waals surface area contributed by atoms with Crippen molar-refractivity contribution >= 4 is 11.9 Å². The van der Waals surface area contributed by atoms with Crippen LogP contribution in [0.2, 0.25) is 0 Å². The highest BCUT2D eigenvalue weighted by Crippen LogP contribution is 2.07. The Morgan fingerprint density at radius 3 is 2.17 bits per heavy atom. The molecule has 0 aromatic rings. The van der Waals surface area contributed by atoms with Gasteiger partial charge in [-0.2, -0.15) is 0 Å². The highest BCUT2D eigenvalue weighted by Gasteiger charge is 2.21. The van der Waals surface area contributed by atoms with Gasteiger partial charge in [0.25, 0.3) is 0 Å². The molecule has 0 rings (SSSR count). The van der Waals surface area contributed by atoms with E-state index in [1.165, 1.54) is 0 Å². The fraction of sp³-hybridized carbons (Fsp3) is 0.846. The first kappa shape index (κ1) is 16.9. The number of hydrogen-bond donors (Lipinski definition) is 0. The smallest absolute Gasteiger partial charge is 0.335 e. The van der Waals surface area contributed by atoms with Gasteiger partial charge in [-0.1, -0.05) is 13.8 Å². The maximum absolute atomic E-state index is 11.6. The number of rotatable bonds is 10. The van der Waals surface area contributed by atoms with E-state index in [0.717, 1.165) is 12.8 Å². The average Bonchev–Trinajstić information content (AvgIpc) is 2.38. The Morgan fingerprint density at radius 2 is 1.61 bits per heavy atom. The summed E-state index contributed by atoms with van der Waals surface area (Å²) in [6.07, 6.45) is 1.36. The average molecular weight is 260 g/mol. The largest absolute Gasteiger partial charge is 0.466 e. The zero-order valence-electron chi connectivity index (χ0n) is 11.6. The number of ether oxygens (including phenoxy) is 3. The van der Waals surface area contributed by atoms with E-state index in [1.54, 1.807) is 6.92 Å². The first-order chi connectivity index (χ1) is 8.65. The van der Waals surface area contributed by atoms with E-state index in [-0.39, 0.29) is 12.4 Å². The van der Waals surface area contributed by atoms with Crippen LogP contribution in [0.1, 0.15) is 46.5 Å². The second kappa shape index (κ2) is 11.0. The fourth-order valence-electron chi connectivity index (χ4n) is 1.30. The summed E-state index contributed by atoms with van der Waals surface area (Å²) in [7, 11) is 0. The predicted octanol–water partition coefficient (Wildman–Crippen LogP) is 2.08. The Kier molecular flexibility index (Phi) is 10.3. The third kappa shape index (κ3) is 8.06. The molecule has 0 saturated carbocycles. The molecular formula is C13H24O5. The monoisotopic (exact) mass is 260 g/mol. The molecule has 0 fully saturated rings. The van der Waals surface area contributed by atoms with Gasteiger partial charge < -0.3 is 14.2 Å². The minimum atomic E-state index is -0.671. The maximum atomic E-state index is 11.6. The zero-order chi connectivity index (χ0) is 13.8. The van der Waals surface area contributed by atoms with E-state index in [0.29, 0.717) is 26.2 Å². The van der Waals surface area contributed by atoms with E-state index in [9.17, 15) is 9.59 Å². The normalized spacial score (nSPS) is 11.9. The van der Waals surface area contributed by atoms with Crippen molar-refractivity contribution in [2.24, 2.45) is 0 Å². The van der Waals surface area contributed by atoms with Crippen molar-refractivity contribution < 1.29 is 23.8 Å². The van der Waals surface area contributed by atoms with Crippen molar-refractivity contribution in [1.82, 2.24) is 0 Å². The summed E-state index contributed by atoms with van der Waals surface area (Å²) in [6.45, 7) is 6.86. The van der Waals surface area contributed by atoms with Crippen LogP contribution in [0.5, 0.6) is 0 Å². The Bertz CT molecular complexity index is 240. The van der Waals surface area contributed by atoms with Gasteiger partial charge in [0.1, 0.15) is 0 Å². The van der Waals surface area contributed by atoms with Crippen LogP contribution in [0.15, 0.2) is 0 Å². The van der Waals surface area contributed by atoms with Crippen LogP contribution in [0.25, 0.3) is 0 Å². The molecule has 5 nitrogen and oxygen atoms in total. The highest BCUT2D eigenvalue weighted by atomic mass is 16.6. The Labute approximate surface area is 109 Å². The number of hydrogen-bond acceptors (Lipinski definition) is 5. The SMILES string of the molecule is CCCOC(=O)CCC(OCC)C(=O)OCCC. The molecule has 0 aliphatic heterocycles. The van der Waals surface area contributed by atoms with Gasteiger partial charge in [0.05, 0.1) is 13.2 Å². The fourth-order valence-corrected chi connectivity index (χ4v) is 1.30. The number of carbonyl (C=O) groups is 2. The van der Waals surface area contributed by atoms with Crippen molar-refractivity contribution in [3.05, 3.63) is 0 Å². The minimum absolute atomic E-state index is 0.173. The van der Waals surface area contributed by atoms with Gasteiger partial charge >= 0.3 is 11.9 Å². The molecule has 0 radical (unpaired) electrons. The van der Waals surface area contributed by atoms with Gasteiger partial charge in [-0.3, -0.25) is 4.79 Å². The van der Waals surface area contributed by atoms with Crippen LogP contribution < -0.4 is 0 Å². The first-order valence-electron chi connectivity index (χ1n) is 6.59. The minimum Gasteiger partial charge on any atom is -0.466 e. The maximum Gasteiger partial charge on any atom is 0.335 e. The third-order valence-electron chi connectivity index (χ3n) is 2.16. The molecule has 0 aromatic carbocycles. The van der Waals surface area contributed by atoms with Crippen molar-refractivity contribution in [2.75, 3.05) is 19.8 Å². The van der Waals surface area contributed by atoms with Crippen LogP contribution in [-0.2, 0) is 23.8 Å². The van der Waals surface area contributed by atoms with E-state index in [1.807, 2.05) is 13.8 Å². The van der Waals surface area contributed by atoms with Gasteiger partial charge in [-0.25, -0.2) is 4.79 Å². The molecular weight excluding hydrogens is 236 g/mol. The van der Waals surface area contributed by atoms with Crippen molar-refractivity contribution in [3.63, 3.8) is 0 Å². The summed E-state index contributed by atoms with van der Waals surface area (Å²) < 4.78 is 15.2. The quantitative estimate of drug-likeness (QED) is 0.563. The summed E-state index contributed by atoms with van der Waals surface area (Å²) >= 11 is 0. The van der Waals surface area contributed by atoms with E-state index in [4.69, 9.17) is 14.2 Å². The molecule has 0 amide bonds. The molecule has 0 N–H and O–H groups in total. The molecule has 0 aliphatic carbocycles. The predicted molar refractivity (Wildman–Crippen MR) is 67.1 cm³/mol.